The molecule has 133 heavy (non-hydrogen) atoms. The number of carbonyl (C=O) groups is 6. The summed E-state index contributed by atoms with van der Waals surface area (Å²) in [6.07, 6.45) is 5.75. The molecule has 0 unspecified atom stereocenters. The minimum Gasteiger partial charge on any atom is -0.870 e. The van der Waals surface area contributed by atoms with Crippen molar-refractivity contribution in [3.8, 4) is 22.3 Å². The molecule has 4 saturated heterocycles. The van der Waals surface area contributed by atoms with Crippen LogP contribution in [0.25, 0.3) is 55.4 Å². The topological polar surface area (TPSA) is 353 Å². The van der Waals surface area contributed by atoms with Gasteiger partial charge in [0.2, 0.25) is 0 Å². The van der Waals surface area contributed by atoms with E-state index in [9.17, 15) is 69.8 Å². The predicted octanol–water partition coefficient (Wildman–Crippen LogP) is 9.77. The summed E-state index contributed by atoms with van der Waals surface area (Å²) in [5, 5.41) is 27.7. The second-order valence-corrected chi connectivity index (χ2v) is 32.2. The Labute approximate surface area is 774 Å². The number of carboxylic acids is 2. The number of morpholine rings is 4. The Morgan fingerprint density at radius 1 is 0.504 bits per heavy atom. The van der Waals surface area contributed by atoms with Crippen molar-refractivity contribution in [3.05, 3.63) is 262 Å². The fourth-order valence-corrected chi connectivity index (χ4v) is 16.3. The molecule has 0 saturated carbocycles. The smallest absolute Gasteiger partial charge is 0.870 e. The molecule has 6 aromatic heterocycles. The van der Waals surface area contributed by atoms with Gasteiger partial charge in [0.15, 0.2) is 0 Å². The third kappa shape index (κ3) is 22.9. The van der Waals surface area contributed by atoms with E-state index in [0.717, 1.165) is 82.5 Å². The number of esters is 2. The van der Waals surface area contributed by atoms with Gasteiger partial charge in [-0.1, -0.05) is 15.9 Å². The van der Waals surface area contributed by atoms with Gasteiger partial charge in [-0.05, 0) is 162 Å². The van der Waals surface area contributed by atoms with Gasteiger partial charge in [-0.3, -0.25) is 19.2 Å². The molecule has 6 N–H and O–H groups in total. The van der Waals surface area contributed by atoms with Crippen LogP contribution in [0.15, 0.2) is 148 Å². The molecule has 0 radical (unpaired) electrons. The second-order valence-electron chi connectivity index (χ2n) is 31.3. The van der Waals surface area contributed by atoms with E-state index in [1.807, 2.05) is 20.8 Å². The van der Waals surface area contributed by atoms with Crippen LogP contribution in [-0.4, -0.2) is 209 Å². The zero-order valence-electron chi connectivity index (χ0n) is 73.8. The molecule has 16 rings (SSSR count). The number of nitrogens with one attached hydrogen (secondary N) is 3. The van der Waals surface area contributed by atoms with Crippen molar-refractivity contribution in [3.63, 3.8) is 0 Å². The van der Waals surface area contributed by atoms with Gasteiger partial charge < -0.3 is 92.7 Å². The molecule has 4 fully saturated rings. The maximum Gasteiger partial charge on any atom is 1.00 e. The van der Waals surface area contributed by atoms with Gasteiger partial charge in [0, 0.05) is 157 Å². The normalized spacial score (nSPS) is 16.4. The number of carbonyl (C=O) groups excluding carboxylic acids is 4. The number of ether oxygens (including phenoxy) is 6. The zero-order valence-corrected chi connectivity index (χ0v) is 75.4. The maximum absolute atomic E-state index is 15.3. The van der Waals surface area contributed by atoms with Gasteiger partial charge in [0.25, 0.3) is 22.9 Å². The first-order valence-corrected chi connectivity index (χ1v) is 41.9. The van der Waals surface area contributed by atoms with Crippen LogP contribution in [0.1, 0.15) is 91.6 Å². The Kier molecular flexibility index (Phi) is 34.6. The van der Waals surface area contributed by atoms with E-state index in [2.05, 4.69) is 53.5 Å². The Morgan fingerprint density at radius 2 is 0.872 bits per heavy atom. The number of amides is 2. The molecular formula is C92H92BrF10LiN12O17. The third-order valence-electron chi connectivity index (χ3n) is 22.6. The van der Waals surface area contributed by atoms with E-state index in [1.165, 1.54) is 51.9 Å². The molecule has 2 amide bonds. The van der Waals surface area contributed by atoms with Crippen molar-refractivity contribution in [2.75, 3.05) is 108 Å². The summed E-state index contributed by atoms with van der Waals surface area (Å²) in [6, 6.07) is 20.7. The van der Waals surface area contributed by atoms with Gasteiger partial charge in [0.1, 0.15) is 104 Å². The van der Waals surface area contributed by atoms with E-state index in [4.69, 9.17) is 28.8 Å². The van der Waals surface area contributed by atoms with Crippen molar-refractivity contribution in [2.45, 2.75) is 90.6 Å². The Balaban J connectivity index is 0.000000196. The fourth-order valence-electron chi connectivity index (χ4n) is 15.9. The SMILES string of the molecule is COC(=O)[C@H](Cc1ccc(-c2c(C)c3cc(F)ccc3n(C)c2=O)c2nccn12)NC(=O)c1c(F)cc(N2CCOC[C@H]2C)cc1F.COC(=O)c1c(F)cc(Br)cc1F.C[C@@H]1COCCN1.C[C@@H]1COCCN1c1cc(F)c(C(=O)O)c(F)c1.Cc1c(-c2ccc(C[C@H](NC(=O)c3c(F)cc(N4CCOC[C@H]4C)cc3F)C(=O)O)n3ccnc23)c(=O)n(C)c2ccc(F)cc12.[Li+].[OH-]. The van der Waals surface area contributed by atoms with E-state index in [-0.39, 0.29) is 82.3 Å². The first kappa shape index (κ1) is 103. The number of hydrogen-bond acceptors (Lipinski definition) is 21. The summed E-state index contributed by atoms with van der Waals surface area (Å²) >= 11 is 2.89. The number of aromatic nitrogens is 6. The quantitative estimate of drug-likeness (QED) is 0.0321. The molecule has 0 aliphatic carbocycles. The molecule has 0 spiro atoms. The molecule has 12 aromatic rings. The number of imidazole rings is 2. The van der Waals surface area contributed by atoms with E-state index in [0.29, 0.717) is 149 Å². The minimum atomic E-state index is -1.61. The molecular weight excluding hydrogens is 1820 g/mol. The standard InChI is InChI=1S/C34H32F3N5O5.C33H30F3N5O5.C12H13F2NO3.C8H5BrF2O2.C5H11NO.Li.H2O/c1-18-17-47-12-11-41(18)22-14-25(36)30(26(37)15-22)32(43)39-27(34(45)46-4)16-21-6-7-23(31-38-9-10-42(21)31)29-19(2)24-13-20(35)5-8-28(24)40(3)33(29)44;1-17-16-46-11-10-40(17)21-13-24(35)29(25(36)14-21)31(42)38-26(33(44)45)15-20-5-6-22(30-37-8-9-41(20)30)28-18(2)23-12-19(34)4-7-27(23)39(3)32(28)43;1-7-6-18-3-2-15(7)8-4-9(13)11(12(16)17)10(14)5-8;1-13-8(12)7-5(10)2-4(9)3-6(7)11;1-5-4-7-3-2-6-5;;/h5-10,13-15,18,27H,11-12,16-17H2,1-4H3,(H,39,43);4-9,12-14,17,26H,10-11,15-16H2,1-3H3,(H,38,42)(H,44,45);4-5,7H,2-3,6H2,1H3,(H,16,17);2-3H,1H3;5-6H,2-4H2,1H3;;1H2/q;;;;;+1;/p-1/t18-,27+;17-,26+;7-;;5-;;/m111.1../s1. The van der Waals surface area contributed by atoms with Gasteiger partial charge in [-0.25, -0.2) is 73.1 Å². The Hall–Kier alpha value is -12.5. The van der Waals surface area contributed by atoms with Gasteiger partial charge in [-0.2, -0.15) is 0 Å². The van der Waals surface area contributed by atoms with E-state index < -0.39 is 128 Å². The van der Waals surface area contributed by atoms with Crippen LogP contribution in [0.2, 0.25) is 0 Å². The summed E-state index contributed by atoms with van der Waals surface area (Å²) in [4.78, 5) is 114. The van der Waals surface area contributed by atoms with Gasteiger partial charge in [0.05, 0.1) is 89.2 Å². The predicted molar refractivity (Wildman–Crippen MR) is 470 cm³/mol. The number of aliphatic carboxylic acids is 1. The largest absolute Gasteiger partial charge is 1.00 e. The van der Waals surface area contributed by atoms with Crippen LogP contribution >= 0.6 is 15.9 Å². The monoisotopic (exact) mass is 1910 g/mol. The van der Waals surface area contributed by atoms with Crippen molar-refractivity contribution in [1.82, 2.24) is 43.9 Å². The third-order valence-corrected chi connectivity index (χ3v) is 23.1. The molecule has 700 valence electrons. The number of anilines is 3. The molecule has 10 heterocycles. The maximum atomic E-state index is 15.3. The van der Waals surface area contributed by atoms with Crippen LogP contribution in [0.4, 0.5) is 61.0 Å². The number of halogens is 11. The van der Waals surface area contributed by atoms with Crippen LogP contribution in [0, 0.1) is 72.0 Å². The zero-order chi connectivity index (χ0) is 94.8. The second kappa shape index (κ2) is 44.8. The van der Waals surface area contributed by atoms with Gasteiger partial charge >= 0.3 is 42.7 Å². The molecule has 0 bridgehead atoms. The molecule has 6 aromatic carbocycles. The minimum absolute atomic E-state index is 0. The first-order chi connectivity index (χ1) is 62.4. The molecule has 4 aliphatic heterocycles. The number of aryl methyl sites for hydroxylation is 4. The van der Waals surface area contributed by atoms with Crippen LogP contribution in [0.5, 0.6) is 0 Å². The van der Waals surface area contributed by atoms with Crippen molar-refractivity contribution in [2.24, 2.45) is 14.1 Å². The average molecular weight is 1910 g/mol. The molecule has 4 aliphatic rings. The summed E-state index contributed by atoms with van der Waals surface area (Å²) < 4.78 is 179. The van der Waals surface area contributed by atoms with Gasteiger partial charge in [-0.15, -0.1) is 0 Å². The van der Waals surface area contributed by atoms with Crippen LogP contribution in [-0.2, 0) is 64.9 Å². The number of carboxylic acid groups (broad SMARTS) is 2. The molecule has 41 heteroatoms. The number of methoxy groups -OCH3 is 2. The van der Waals surface area contributed by atoms with Crippen LogP contribution in [0.3, 0.4) is 0 Å². The summed E-state index contributed by atoms with van der Waals surface area (Å²) in [7, 11) is 5.39. The van der Waals surface area contributed by atoms with E-state index >= 15 is 17.6 Å². The summed E-state index contributed by atoms with van der Waals surface area (Å²) in [6.45, 7) is 17.8. The Morgan fingerprint density at radius 3 is 1.21 bits per heavy atom. The molecule has 29 nitrogen and oxygen atoms in total. The number of rotatable bonds is 17. The average Bonchev–Trinajstić information content (AvgIpc) is 1.74. The van der Waals surface area contributed by atoms with Crippen molar-refractivity contribution >= 4 is 102 Å². The van der Waals surface area contributed by atoms with Crippen LogP contribution < -0.4 is 60.6 Å². The molecule has 6 atom stereocenters. The number of aromatic carboxylic acids is 1. The van der Waals surface area contributed by atoms with Crippen molar-refractivity contribution in [1.29, 1.82) is 0 Å². The fraction of sp³-hybridized carbons (Fsp3) is 0.326. The number of nitrogens with zero attached hydrogens (tertiary/aromatic N) is 9. The van der Waals surface area contributed by atoms with Crippen molar-refractivity contribution < 1.29 is 136 Å². The first-order valence-electron chi connectivity index (χ1n) is 41.1. The number of benzene rings is 6. The number of hydrogen-bond donors (Lipinski definition) is 5. The number of pyridine rings is 4. The number of fused-ring (bicyclic) bond motifs is 4. The van der Waals surface area contributed by atoms with E-state index in [1.54, 1.807) is 94.2 Å². The Bertz CT molecular complexity index is 6430. The summed E-state index contributed by atoms with van der Waals surface area (Å²) in [5.74, 6) is -16.5. The summed E-state index contributed by atoms with van der Waals surface area (Å²) in [5.41, 5.74) is 2.27.